The largest absolute Gasteiger partial charge is 0.256 e. The van der Waals surface area contributed by atoms with Gasteiger partial charge in [0.15, 0.2) is 0 Å². The molecule has 0 fully saturated rings. The van der Waals surface area contributed by atoms with Crippen molar-refractivity contribution in [2.45, 2.75) is 54.4 Å². The first-order chi connectivity index (χ1) is 13.5. The van der Waals surface area contributed by atoms with Crippen molar-refractivity contribution in [3.63, 3.8) is 0 Å². The van der Waals surface area contributed by atoms with Gasteiger partial charge in [-0.3, -0.25) is 4.98 Å². The molecule has 0 aliphatic rings. The Balaban J connectivity index is 3.33. The highest BCUT2D eigenvalue weighted by atomic mass is 14.7. The van der Waals surface area contributed by atoms with Gasteiger partial charge in [0.05, 0.1) is 5.69 Å². The fourth-order valence-electron chi connectivity index (χ4n) is 3.02. The van der Waals surface area contributed by atoms with Crippen molar-refractivity contribution in [1.82, 2.24) is 4.98 Å². The van der Waals surface area contributed by atoms with E-state index in [1.807, 2.05) is 38.3 Å². The first-order valence-electron chi connectivity index (χ1n) is 10.1. The average molecular weight is 374 g/mol. The molecule has 0 spiro atoms. The molecule has 1 rings (SSSR count). The average Bonchev–Trinajstić information content (AvgIpc) is 2.72. The van der Waals surface area contributed by atoms with Gasteiger partial charge in [0.25, 0.3) is 0 Å². The van der Waals surface area contributed by atoms with E-state index in [1.165, 1.54) is 22.3 Å². The number of nitrogens with zero attached hydrogens (tertiary/aromatic N) is 1. The summed E-state index contributed by atoms with van der Waals surface area (Å²) in [4.78, 5) is 4.75. The Bertz CT molecular complexity index is 822. The highest BCUT2D eigenvalue weighted by Crippen LogP contribution is 2.28. The zero-order valence-corrected chi connectivity index (χ0v) is 18.4. The van der Waals surface area contributed by atoms with Crippen LogP contribution in [0.4, 0.5) is 0 Å². The minimum absolute atomic E-state index is 0.962. The van der Waals surface area contributed by atoms with Gasteiger partial charge in [-0.15, -0.1) is 0 Å². The Hall–Kier alpha value is -2.67. The van der Waals surface area contributed by atoms with Crippen molar-refractivity contribution in [3.05, 3.63) is 101 Å². The molecule has 0 amide bonds. The van der Waals surface area contributed by atoms with Gasteiger partial charge < -0.3 is 0 Å². The number of rotatable bonds is 9. The summed E-state index contributed by atoms with van der Waals surface area (Å²) in [6.45, 7) is 16.6. The molecule has 0 saturated heterocycles. The molecule has 0 aliphatic heterocycles. The minimum Gasteiger partial charge on any atom is -0.256 e. The molecule has 1 heteroatoms. The standard InChI is InChI=1S/C27H35N/c1-8-13-14-17-23(11-4)21(6)22(7)26(16-10-3)27-19-18-25(20-28-27)24(12-5)15-9-2/h9-12,14-20H,3,8,13H2,1-2,4-7H3/b15-9-,17-14-,22-21+,23-11?,24-12+,26-16+. The molecule has 28 heavy (non-hydrogen) atoms. The van der Waals surface area contributed by atoms with Crippen LogP contribution in [0.2, 0.25) is 0 Å². The fourth-order valence-corrected chi connectivity index (χ4v) is 3.02. The summed E-state index contributed by atoms with van der Waals surface area (Å²) in [5, 5.41) is 0. The topological polar surface area (TPSA) is 12.9 Å². The van der Waals surface area contributed by atoms with Gasteiger partial charge in [0.1, 0.15) is 0 Å². The molecular formula is C27H35N. The molecule has 0 bridgehead atoms. The number of hydrogen-bond acceptors (Lipinski definition) is 1. The number of aromatic nitrogens is 1. The molecule has 1 aromatic heterocycles. The molecule has 0 aliphatic carbocycles. The quantitative estimate of drug-likeness (QED) is 0.397. The zero-order chi connectivity index (χ0) is 20.9. The Kier molecular flexibility index (Phi) is 10.6. The molecule has 148 valence electrons. The second-order valence-electron chi connectivity index (χ2n) is 6.68. The van der Waals surface area contributed by atoms with E-state index in [0.29, 0.717) is 0 Å². The number of pyridine rings is 1. The molecule has 0 N–H and O–H groups in total. The predicted molar refractivity (Wildman–Crippen MR) is 127 cm³/mol. The molecule has 0 atom stereocenters. The van der Waals surface area contributed by atoms with E-state index in [9.17, 15) is 0 Å². The lowest BCUT2D eigenvalue weighted by Gasteiger charge is -2.13. The normalized spacial score (nSPS) is 14.7. The van der Waals surface area contributed by atoms with Gasteiger partial charge in [-0.25, -0.2) is 0 Å². The molecule has 0 radical (unpaired) electrons. The summed E-state index contributed by atoms with van der Waals surface area (Å²) in [6.07, 6.45) is 21.0. The Morgan fingerprint density at radius 1 is 1.04 bits per heavy atom. The lowest BCUT2D eigenvalue weighted by molar-refractivity contribution is 0.957. The van der Waals surface area contributed by atoms with Crippen molar-refractivity contribution in [2.75, 3.05) is 0 Å². The van der Waals surface area contributed by atoms with Gasteiger partial charge in [-0.1, -0.05) is 74.6 Å². The Morgan fingerprint density at radius 2 is 1.79 bits per heavy atom. The summed E-state index contributed by atoms with van der Waals surface area (Å²) < 4.78 is 0. The summed E-state index contributed by atoms with van der Waals surface area (Å²) >= 11 is 0. The van der Waals surface area contributed by atoms with Crippen molar-refractivity contribution < 1.29 is 0 Å². The van der Waals surface area contributed by atoms with E-state index in [-0.39, 0.29) is 0 Å². The number of allylic oxidation sites excluding steroid dienone is 13. The van der Waals surface area contributed by atoms with Crippen LogP contribution in [0.15, 0.2) is 90.2 Å². The number of hydrogen-bond donors (Lipinski definition) is 0. The second-order valence-corrected chi connectivity index (χ2v) is 6.68. The maximum atomic E-state index is 4.75. The third-order valence-corrected chi connectivity index (χ3v) is 4.78. The first kappa shape index (κ1) is 23.4. The smallest absolute Gasteiger partial charge is 0.0705 e. The molecular weight excluding hydrogens is 338 g/mol. The monoisotopic (exact) mass is 373 g/mol. The van der Waals surface area contributed by atoms with Gasteiger partial charge in [0.2, 0.25) is 0 Å². The first-order valence-corrected chi connectivity index (χ1v) is 10.1. The second kappa shape index (κ2) is 12.7. The maximum Gasteiger partial charge on any atom is 0.0705 e. The van der Waals surface area contributed by atoms with Crippen LogP contribution in [0, 0.1) is 0 Å². The van der Waals surface area contributed by atoms with Crippen LogP contribution in [0.25, 0.3) is 11.1 Å². The van der Waals surface area contributed by atoms with Crippen LogP contribution in [-0.4, -0.2) is 4.98 Å². The molecule has 1 heterocycles. The summed E-state index contributed by atoms with van der Waals surface area (Å²) in [6, 6.07) is 4.23. The van der Waals surface area contributed by atoms with Gasteiger partial charge >= 0.3 is 0 Å². The summed E-state index contributed by atoms with van der Waals surface area (Å²) in [7, 11) is 0. The van der Waals surface area contributed by atoms with E-state index in [0.717, 1.165) is 29.7 Å². The van der Waals surface area contributed by atoms with Crippen LogP contribution in [0.1, 0.15) is 65.6 Å². The predicted octanol–water partition coefficient (Wildman–Crippen LogP) is 8.27. The van der Waals surface area contributed by atoms with Gasteiger partial charge in [-0.2, -0.15) is 0 Å². The maximum absolute atomic E-state index is 4.75. The SMILES string of the molecule is C=C/C=C(\C(C)=C(/C)C(=CC)/C=C\CCC)c1ccc(C(/C=C\C)=C/C)cn1. The van der Waals surface area contributed by atoms with E-state index in [1.54, 1.807) is 0 Å². The number of unbranched alkanes of at least 4 members (excludes halogenated alkanes) is 1. The minimum atomic E-state index is 0.962. The molecule has 0 unspecified atom stereocenters. The van der Waals surface area contributed by atoms with Gasteiger partial charge in [0, 0.05) is 11.8 Å². The zero-order valence-electron chi connectivity index (χ0n) is 18.4. The van der Waals surface area contributed by atoms with Gasteiger partial charge in [-0.05, 0) is 75.0 Å². The van der Waals surface area contributed by atoms with Crippen molar-refractivity contribution in [2.24, 2.45) is 0 Å². The van der Waals surface area contributed by atoms with Crippen LogP contribution in [0.3, 0.4) is 0 Å². The van der Waals surface area contributed by atoms with Crippen LogP contribution in [0.5, 0.6) is 0 Å². The van der Waals surface area contributed by atoms with Crippen LogP contribution < -0.4 is 0 Å². The molecule has 0 aromatic carbocycles. The van der Waals surface area contributed by atoms with E-state index >= 15 is 0 Å². The molecule has 0 saturated carbocycles. The third-order valence-electron chi connectivity index (χ3n) is 4.78. The third kappa shape index (κ3) is 6.49. The highest BCUT2D eigenvalue weighted by molar-refractivity contribution is 5.81. The summed E-state index contributed by atoms with van der Waals surface area (Å²) in [5.74, 6) is 0. The Labute approximate surface area is 172 Å². The van der Waals surface area contributed by atoms with Crippen molar-refractivity contribution in [3.8, 4) is 0 Å². The summed E-state index contributed by atoms with van der Waals surface area (Å²) in [5.41, 5.74) is 8.10. The van der Waals surface area contributed by atoms with Crippen molar-refractivity contribution in [1.29, 1.82) is 0 Å². The molecule has 1 aromatic rings. The van der Waals surface area contributed by atoms with Crippen molar-refractivity contribution >= 4 is 11.1 Å². The fraction of sp³-hybridized carbons (Fsp3) is 0.296. The van der Waals surface area contributed by atoms with Crippen LogP contribution in [-0.2, 0) is 0 Å². The van der Waals surface area contributed by atoms with E-state index < -0.39 is 0 Å². The van der Waals surface area contributed by atoms with E-state index in [2.05, 4.69) is 76.8 Å². The molecule has 1 nitrogen and oxygen atoms in total. The lowest BCUT2D eigenvalue weighted by Crippen LogP contribution is -1.96. The van der Waals surface area contributed by atoms with Crippen LogP contribution >= 0.6 is 0 Å². The highest BCUT2D eigenvalue weighted by Gasteiger charge is 2.10. The van der Waals surface area contributed by atoms with E-state index in [4.69, 9.17) is 4.98 Å². The Morgan fingerprint density at radius 3 is 2.29 bits per heavy atom. The lowest BCUT2D eigenvalue weighted by atomic mass is 9.93.